The summed E-state index contributed by atoms with van der Waals surface area (Å²) >= 11 is 13.3. The maximum absolute atomic E-state index is 12.8. The van der Waals surface area contributed by atoms with Gasteiger partial charge in [-0.2, -0.15) is 0 Å². The normalized spacial score (nSPS) is 11.9. The van der Waals surface area contributed by atoms with Crippen LogP contribution in [0.3, 0.4) is 0 Å². The van der Waals surface area contributed by atoms with E-state index in [1.807, 2.05) is 45.0 Å². The number of rotatable bonds is 9. The number of amides is 2. The zero-order chi connectivity index (χ0) is 24.0. The highest BCUT2D eigenvalue weighted by Gasteiger charge is 2.24. The lowest BCUT2D eigenvalue weighted by Gasteiger charge is -2.20. The molecule has 0 spiro atoms. The Morgan fingerprint density at radius 3 is 2.61 bits per heavy atom. The van der Waals surface area contributed by atoms with Crippen LogP contribution in [-0.4, -0.2) is 32.7 Å². The second-order valence-corrected chi connectivity index (χ2v) is 9.46. The number of H-pyrrole nitrogens is 1. The fourth-order valence-corrected chi connectivity index (χ4v) is 4.27. The van der Waals surface area contributed by atoms with E-state index in [0.29, 0.717) is 21.6 Å². The lowest BCUT2D eigenvalue weighted by atomic mass is 10.0. The van der Waals surface area contributed by atoms with Crippen LogP contribution >= 0.6 is 35.0 Å². The lowest BCUT2D eigenvalue weighted by Crippen LogP contribution is -2.32. The van der Waals surface area contributed by atoms with Crippen molar-refractivity contribution in [3.63, 3.8) is 0 Å². The Kier molecular flexibility index (Phi) is 8.77. The summed E-state index contributed by atoms with van der Waals surface area (Å²) in [7, 11) is 0. The molecule has 0 aliphatic rings. The quantitative estimate of drug-likeness (QED) is 0.332. The molecule has 1 heterocycles. The van der Waals surface area contributed by atoms with Crippen LogP contribution in [0.5, 0.6) is 0 Å². The number of carbonyl (C=O) groups is 2. The van der Waals surface area contributed by atoms with Gasteiger partial charge in [0.25, 0.3) is 5.91 Å². The molecule has 10 heteroatoms. The van der Waals surface area contributed by atoms with Crippen LogP contribution in [0, 0.1) is 5.92 Å². The van der Waals surface area contributed by atoms with E-state index in [-0.39, 0.29) is 28.5 Å². The Labute approximate surface area is 207 Å². The van der Waals surface area contributed by atoms with Gasteiger partial charge in [0.15, 0.2) is 0 Å². The molecule has 1 aromatic heterocycles. The number of aromatic amines is 1. The summed E-state index contributed by atoms with van der Waals surface area (Å²) in [5.74, 6) is 0.213. The third kappa shape index (κ3) is 6.72. The van der Waals surface area contributed by atoms with Crippen molar-refractivity contribution in [3.8, 4) is 0 Å². The number of hydrogen-bond acceptors (Lipinski definition) is 5. The zero-order valence-electron chi connectivity index (χ0n) is 18.5. The monoisotopic (exact) mass is 505 g/mol. The number of nitrogens with one attached hydrogen (secondary N) is 3. The highest BCUT2D eigenvalue weighted by atomic mass is 35.5. The fourth-order valence-electron chi connectivity index (χ4n) is 3.17. The highest BCUT2D eigenvalue weighted by molar-refractivity contribution is 7.99. The molecule has 3 N–H and O–H groups in total. The Bertz CT molecular complexity index is 1140. The van der Waals surface area contributed by atoms with Gasteiger partial charge in [-0.25, -0.2) is 4.98 Å². The molecule has 3 aromatic rings. The number of aromatic nitrogens is 3. The van der Waals surface area contributed by atoms with Crippen LogP contribution in [0.1, 0.15) is 48.6 Å². The molecule has 3 rings (SSSR count). The van der Waals surface area contributed by atoms with E-state index < -0.39 is 6.04 Å². The van der Waals surface area contributed by atoms with Crippen LogP contribution in [0.25, 0.3) is 0 Å². The number of nitrogens with zero attached hydrogens (tertiary/aromatic N) is 2. The largest absolute Gasteiger partial charge is 0.342 e. The maximum atomic E-state index is 12.8. The van der Waals surface area contributed by atoms with E-state index >= 15 is 0 Å². The van der Waals surface area contributed by atoms with E-state index in [0.717, 1.165) is 17.7 Å². The molecule has 0 aliphatic carbocycles. The third-order valence-electron chi connectivity index (χ3n) is 4.91. The molecular formula is C23H25Cl2N5O2S. The Balaban J connectivity index is 1.63. The summed E-state index contributed by atoms with van der Waals surface area (Å²) in [6, 6.07) is 12.0. The smallest absolute Gasteiger partial charge is 0.253 e. The summed E-state index contributed by atoms with van der Waals surface area (Å²) in [5.41, 5.74) is 2.21. The van der Waals surface area contributed by atoms with E-state index in [9.17, 15) is 9.59 Å². The molecule has 0 unspecified atom stereocenters. The van der Waals surface area contributed by atoms with Gasteiger partial charge in [-0.15, -0.1) is 5.10 Å². The first-order valence-corrected chi connectivity index (χ1v) is 12.2. The van der Waals surface area contributed by atoms with Crippen molar-refractivity contribution in [2.45, 2.75) is 38.4 Å². The molecule has 0 saturated carbocycles. The standard InChI is InChI=1S/C23H25Cl2N5O2S/c1-4-14-7-5-6-8-18(14)26-19(31)12-33-23-28-21(29-30-23)20(13(2)3)27-22(32)16-10-9-15(24)11-17(16)25/h5-11,13,20H,4,12H2,1-3H3,(H,26,31)(H,27,32)(H,28,29,30)/t20-/m0/s1. The predicted octanol–water partition coefficient (Wildman–Crippen LogP) is 5.53. The van der Waals surface area contributed by atoms with Gasteiger partial charge in [-0.05, 0) is 42.2 Å². The number of halogens is 2. The second kappa shape index (κ2) is 11.5. The number of carbonyl (C=O) groups excluding carboxylic acids is 2. The third-order valence-corrected chi connectivity index (χ3v) is 6.31. The second-order valence-electron chi connectivity index (χ2n) is 7.67. The summed E-state index contributed by atoms with van der Waals surface area (Å²) < 4.78 is 0. The average molecular weight is 506 g/mol. The van der Waals surface area contributed by atoms with Crippen molar-refractivity contribution in [1.82, 2.24) is 20.5 Å². The van der Waals surface area contributed by atoms with Crippen molar-refractivity contribution >= 4 is 52.5 Å². The molecular weight excluding hydrogens is 481 g/mol. The number of para-hydroxylation sites is 1. The van der Waals surface area contributed by atoms with Gasteiger partial charge < -0.3 is 10.6 Å². The van der Waals surface area contributed by atoms with Crippen molar-refractivity contribution in [2.75, 3.05) is 11.1 Å². The fraction of sp³-hybridized carbons (Fsp3) is 0.304. The van der Waals surface area contributed by atoms with Crippen molar-refractivity contribution in [1.29, 1.82) is 0 Å². The van der Waals surface area contributed by atoms with E-state index in [4.69, 9.17) is 23.2 Å². The van der Waals surface area contributed by atoms with Gasteiger partial charge in [0.05, 0.1) is 22.4 Å². The Morgan fingerprint density at radius 1 is 1.15 bits per heavy atom. The molecule has 174 valence electrons. The first kappa shape index (κ1) is 25.1. The van der Waals surface area contributed by atoms with Gasteiger partial charge >= 0.3 is 0 Å². The molecule has 0 radical (unpaired) electrons. The molecule has 0 fully saturated rings. The maximum Gasteiger partial charge on any atom is 0.253 e. The SMILES string of the molecule is CCc1ccccc1NC(=O)CSc1n[nH]c([C@@H](NC(=O)c2ccc(Cl)cc2Cl)C(C)C)n1. The molecule has 0 bridgehead atoms. The minimum absolute atomic E-state index is 0.0275. The average Bonchev–Trinajstić information content (AvgIpc) is 3.24. The first-order valence-electron chi connectivity index (χ1n) is 10.5. The number of aryl methyl sites for hydroxylation is 1. The van der Waals surface area contributed by atoms with Crippen molar-refractivity contribution < 1.29 is 9.59 Å². The van der Waals surface area contributed by atoms with E-state index in [2.05, 4.69) is 25.8 Å². The van der Waals surface area contributed by atoms with E-state index in [1.165, 1.54) is 17.8 Å². The zero-order valence-corrected chi connectivity index (χ0v) is 20.8. The van der Waals surface area contributed by atoms with Crippen LogP contribution in [-0.2, 0) is 11.2 Å². The van der Waals surface area contributed by atoms with Gasteiger partial charge in [0.1, 0.15) is 5.82 Å². The number of anilines is 1. The summed E-state index contributed by atoms with van der Waals surface area (Å²) in [4.78, 5) is 29.6. The first-order chi connectivity index (χ1) is 15.8. The Morgan fingerprint density at radius 2 is 1.91 bits per heavy atom. The van der Waals surface area contributed by atoms with E-state index in [1.54, 1.807) is 12.1 Å². The molecule has 7 nitrogen and oxygen atoms in total. The summed E-state index contributed by atoms with van der Waals surface area (Å²) in [6.45, 7) is 5.96. The molecule has 1 atom stereocenters. The summed E-state index contributed by atoms with van der Waals surface area (Å²) in [5, 5.41) is 14.1. The molecule has 2 amide bonds. The molecule has 2 aromatic carbocycles. The number of hydrogen-bond donors (Lipinski definition) is 3. The van der Waals surface area contributed by atoms with Crippen LogP contribution in [0.4, 0.5) is 5.69 Å². The van der Waals surface area contributed by atoms with Gasteiger partial charge in [0, 0.05) is 10.7 Å². The van der Waals surface area contributed by atoms with Crippen molar-refractivity contribution in [2.24, 2.45) is 5.92 Å². The molecule has 0 aliphatic heterocycles. The van der Waals surface area contributed by atoms with Gasteiger partial charge in [0.2, 0.25) is 11.1 Å². The Hall–Kier alpha value is -2.55. The molecule has 33 heavy (non-hydrogen) atoms. The topological polar surface area (TPSA) is 99.8 Å². The highest BCUT2D eigenvalue weighted by Crippen LogP contribution is 2.25. The lowest BCUT2D eigenvalue weighted by molar-refractivity contribution is -0.113. The van der Waals surface area contributed by atoms with Crippen molar-refractivity contribution in [3.05, 3.63) is 69.5 Å². The van der Waals surface area contributed by atoms with Gasteiger partial charge in [-0.1, -0.05) is 73.9 Å². The number of benzene rings is 2. The summed E-state index contributed by atoms with van der Waals surface area (Å²) in [6.07, 6.45) is 0.831. The van der Waals surface area contributed by atoms with Crippen LogP contribution in [0.15, 0.2) is 47.6 Å². The predicted molar refractivity (Wildman–Crippen MR) is 133 cm³/mol. The van der Waals surface area contributed by atoms with Gasteiger partial charge in [-0.3, -0.25) is 14.7 Å². The molecule has 0 saturated heterocycles. The minimum Gasteiger partial charge on any atom is -0.342 e. The van der Waals surface area contributed by atoms with Crippen LogP contribution < -0.4 is 10.6 Å². The minimum atomic E-state index is -0.420. The number of thioether (sulfide) groups is 1. The van der Waals surface area contributed by atoms with Crippen LogP contribution in [0.2, 0.25) is 10.0 Å².